The minimum atomic E-state index is -1.45. The lowest BCUT2D eigenvalue weighted by Gasteiger charge is -2.31. The van der Waals surface area contributed by atoms with E-state index in [0.717, 1.165) is 28.7 Å². The molecule has 11 heteroatoms. The molecule has 42 heavy (non-hydrogen) atoms. The van der Waals surface area contributed by atoms with Gasteiger partial charge in [0, 0.05) is 24.3 Å². The summed E-state index contributed by atoms with van der Waals surface area (Å²) in [7, 11) is 0. The first kappa shape index (κ1) is 30.2. The van der Waals surface area contributed by atoms with Crippen molar-refractivity contribution in [1.29, 1.82) is 0 Å². The molecule has 4 rings (SSSR count). The number of urea groups is 1. The molecule has 220 valence electrons. The number of anilines is 1. The van der Waals surface area contributed by atoms with Crippen LogP contribution in [-0.4, -0.2) is 58.0 Å². The molecule has 0 aliphatic carbocycles. The van der Waals surface area contributed by atoms with E-state index in [1.165, 1.54) is 35.2 Å². The number of carboxylic acid groups (broad SMARTS) is 1. The summed E-state index contributed by atoms with van der Waals surface area (Å²) in [4.78, 5) is 54.7. The topological polar surface area (TPSA) is 119 Å². The highest BCUT2D eigenvalue weighted by Gasteiger charge is 2.44. The monoisotopic (exact) mass is 578 g/mol. The lowest BCUT2D eigenvalue weighted by atomic mass is 9.86. The van der Waals surface area contributed by atoms with E-state index in [1.807, 2.05) is 32.9 Å². The molecule has 3 aromatic rings. The number of nitrogens with zero attached hydrogens (tertiary/aromatic N) is 2. The van der Waals surface area contributed by atoms with Gasteiger partial charge in [-0.15, -0.1) is 0 Å². The number of nitrogens with one attached hydrogen (secondary N) is 2. The van der Waals surface area contributed by atoms with Crippen molar-refractivity contribution in [3.8, 4) is 0 Å². The number of amides is 4. The van der Waals surface area contributed by atoms with Gasteiger partial charge < -0.3 is 20.6 Å². The summed E-state index contributed by atoms with van der Waals surface area (Å²) in [5.74, 6) is -3.65. The largest absolute Gasteiger partial charge is 0.481 e. The zero-order valence-electron chi connectivity index (χ0n) is 23.4. The molecule has 1 saturated heterocycles. The van der Waals surface area contributed by atoms with Crippen LogP contribution in [-0.2, 0) is 15.0 Å². The van der Waals surface area contributed by atoms with Crippen LogP contribution in [0.4, 0.5) is 19.3 Å². The second-order valence-corrected chi connectivity index (χ2v) is 11.0. The molecule has 1 heterocycles. The Morgan fingerprint density at radius 3 is 2.14 bits per heavy atom. The van der Waals surface area contributed by atoms with Gasteiger partial charge >= 0.3 is 12.0 Å². The van der Waals surface area contributed by atoms with Gasteiger partial charge in [0.1, 0.15) is 11.6 Å². The van der Waals surface area contributed by atoms with Crippen molar-refractivity contribution < 1.29 is 33.1 Å². The lowest BCUT2D eigenvalue weighted by molar-refractivity contribution is -0.138. The molecule has 0 radical (unpaired) electrons. The molecule has 9 nitrogen and oxygen atoms in total. The maximum atomic E-state index is 13.8. The van der Waals surface area contributed by atoms with E-state index in [4.69, 9.17) is 0 Å². The van der Waals surface area contributed by atoms with Gasteiger partial charge in [0.25, 0.3) is 11.8 Å². The van der Waals surface area contributed by atoms with E-state index in [2.05, 4.69) is 10.6 Å². The summed E-state index contributed by atoms with van der Waals surface area (Å²) in [6, 6.07) is 15.3. The summed E-state index contributed by atoms with van der Waals surface area (Å²) < 4.78 is 27.3. The van der Waals surface area contributed by atoms with Crippen LogP contribution in [0.1, 0.15) is 54.7 Å². The van der Waals surface area contributed by atoms with Crippen LogP contribution in [0.2, 0.25) is 0 Å². The zero-order valence-corrected chi connectivity index (χ0v) is 23.4. The standard InChI is InChI=1S/C31H32F2N4O5/c1-31(2,3)21-11-7-20(8-12-21)29(41)36-15-16-37(30(42)34-24-6-4-5-23(33)17-24)28(36)27(40)35-25(18-26(38)39)19-9-13-22(32)14-10-19/h4-14,17,25,28H,15-16,18H2,1-3H3,(H,34,42)(H,35,40)(H,38,39). The number of hydrogen-bond acceptors (Lipinski definition) is 4. The predicted molar refractivity (Wildman–Crippen MR) is 152 cm³/mol. The van der Waals surface area contributed by atoms with Crippen LogP contribution in [0.3, 0.4) is 0 Å². The Morgan fingerprint density at radius 1 is 0.905 bits per heavy atom. The molecule has 1 aliphatic rings. The molecule has 0 spiro atoms. The highest BCUT2D eigenvalue weighted by Crippen LogP contribution is 2.26. The Labute approximate surface area is 242 Å². The lowest BCUT2D eigenvalue weighted by Crippen LogP contribution is -2.55. The van der Waals surface area contributed by atoms with Crippen molar-refractivity contribution in [2.75, 3.05) is 18.4 Å². The third kappa shape index (κ3) is 7.09. The molecular weight excluding hydrogens is 546 g/mol. The van der Waals surface area contributed by atoms with E-state index < -0.39 is 54.1 Å². The minimum absolute atomic E-state index is 0.00859. The minimum Gasteiger partial charge on any atom is -0.481 e. The van der Waals surface area contributed by atoms with Gasteiger partial charge in [-0.05, 0) is 59.0 Å². The smallest absolute Gasteiger partial charge is 0.323 e. The molecule has 3 N–H and O–H groups in total. The molecule has 2 atom stereocenters. The number of aliphatic carboxylic acids is 1. The Bertz CT molecular complexity index is 1470. The molecule has 2 unspecified atom stereocenters. The number of rotatable bonds is 7. The highest BCUT2D eigenvalue weighted by atomic mass is 19.1. The van der Waals surface area contributed by atoms with Gasteiger partial charge in [-0.2, -0.15) is 0 Å². The quantitative estimate of drug-likeness (QED) is 0.368. The van der Waals surface area contributed by atoms with Gasteiger partial charge in [0.15, 0.2) is 6.17 Å². The van der Waals surface area contributed by atoms with E-state index in [1.54, 1.807) is 12.1 Å². The number of carbonyl (C=O) groups is 4. The van der Waals surface area contributed by atoms with E-state index in [-0.39, 0.29) is 24.2 Å². The van der Waals surface area contributed by atoms with Crippen molar-refractivity contribution in [3.63, 3.8) is 0 Å². The maximum absolute atomic E-state index is 13.8. The van der Waals surface area contributed by atoms with Gasteiger partial charge in [0.2, 0.25) is 0 Å². The van der Waals surface area contributed by atoms with Crippen molar-refractivity contribution in [1.82, 2.24) is 15.1 Å². The number of halogens is 2. The van der Waals surface area contributed by atoms with Crippen LogP contribution in [0.15, 0.2) is 72.8 Å². The fourth-order valence-electron chi connectivity index (χ4n) is 4.74. The summed E-state index contributed by atoms with van der Waals surface area (Å²) >= 11 is 0. The van der Waals surface area contributed by atoms with Crippen LogP contribution < -0.4 is 10.6 Å². The fourth-order valence-corrected chi connectivity index (χ4v) is 4.74. The number of benzene rings is 3. The first-order chi connectivity index (χ1) is 19.8. The third-order valence-electron chi connectivity index (χ3n) is 6.97. The molecule has 0 bridgehead atoms. The first-order valence-corrected chi connectivity index (χ1v) is 13.4. The van der Waals surface area contributed by atoms with Crippen LogP contribution >= 0.6 is 0 Å². The van der Waals surface area contributed by atoms with E-state index in [0.29, 0.717) is 11.1 Å². The zero-order chi connectivity index (χ0) is 30.6. The Kier molecular flexibility index (Phi) is 8.89. The van der Waals surface area contributed by atoms with Crippen molar-refractivity contribution in [2.24, 2.45) is 0 Å². The molecule has 0 aromatic heterocycles. The number of carboxylic acids is 1. The van der Waals surface area contributed by atoms with Crippen molar-refractivity contribution >= 4 is 29.5 Å². The van der Waals surface area contributed by atoms with Gasteiger partial charge in [-0.25, -0.2) is 13.6 Å². The van der Waals surface area contributed by atoms with Gasteiger partial charge in [-0.1, -0.05) is 51.1 Å². The second-order valence-electron chi connectivity index (χ2n) is 11.0. The summed E-state index contributed by atoms with van der Waals surface area (Å²) in [6.45, 7) is 6.09. The number of carbonyl (C=O) groups excluding carboxylic acids is 3. The predicted octanol–water partition coefficient (Wildman–Crippen LogP) is 4.91. The molecule has 4 amide bonds. The van der Waals surface area contributed by atoms with Gasteiger partial charge in [-0.3, -0.25) is 19.3 Å². The van der Waals surface area contributed by atoms with Crippen LogP contribution in [0, 0.1) is 11.6 Å². The first-order valence-electron chi connectivity index (χ1n) is 13.4. The van der Waals surface area contributed by atoms with Crippen LogP contribution in [0.5, 0.6) is 0 Å². The average molecular weight is 579 g/mol. The van der Waals surface area contributed by atoms with Crippen molar-refractivity contribution in [3.05, 3.63) is 101 Å². The van der Waals surface area contributed by atoms with E-state index >= 15 is 0 Å². The molecule has 1 aliphatic heterocycles. The van der Waals surface area contributed by atoms with Crippen LogP contribution in [0.25, 0.3) is 0 Å². The highest BCUT2D eigenvalue weighted by molar-refractivity contribution is 6.00. The summed E-state index contributed by atoms with van der Waals surface area (Å²) in [5.41, 5.74) is 1.63. The van der Waals surface area contributed by atoms with E-state index in [9.17, 15) is 33.1 Å². The molecule has 3 aromatic carbocycles. The normalized spacial score (nSPS) is 15.7. The Hall–Kier alpha value is -4.80. The third-order valence-corrected chi connectivity index (χ3v) is 6.97. The molecule has 1 fully saturated rings. The fraction of sp³-hybridized carbons (Fsp3) is 0.290. The second kappa shape index (κ2) is 12.4. The number of hydrogen-bond donors (Lipinski definition) is 3. The summed E-state index contributed by atoms with van der Waals surface area (Å²) in [5, 5.41) is 14.7. The Morgan fingerprint density at radius 2 is 1.55 bits per heavy atom. The molecular formula is C31H32F2N4O5. The maximum Gasteiger partial charge on any atom is 0.323 e. The van der Waals surface area contributed by atoms with Gasteiger partial charge in [0.05, 0.1) is 12.5 Å². The average Bonchev–Trinajstić information content (AvgIpc) is 3.38. The SMILES string of the molecule is CC(C)(C)c1ccc(C(=O)N2CCN(C(=O)Nc3cccc(F)c3)C2C(=O)NC(CC(=O)O)c2ccc(F)cc2)cc1. The van der Waals surface area contributed by atoms with Crippen molar-refractivity contribution in [2.45, 2.75) is 44.8 Å². The summed E-state index contributed by atoms with van der Waals surface area (Å²) in [6.07, 6.45) is -1.98. The molecule has 0 saturated carbocycles. The Balaban J connectivity index is 1.65.